The zero-order chi connectivity index (χ0) is 10.5. The van der Waals surface area contributed by atoms with E-state index in [1.807, 2.05) is 43.6 Å². The Labute approximate surface area is 90.0 Å². The van der Waals surface area contributed by atoms with E-state index in [1.165, 1.54) is 0 Å². The van der Waals surface area contributed by atoms with Crippen LogP contribution >= 0.6 is 0 Å². The minimum Gasteiger partial charge on any atom is -0.379 e. The summed E-state index contributed by atoms with van der Waals surface area (Å²) < 4.78 is 0. The first-order valence-corrected chi connectivity index (χ1v) is 5.03. The quantitative estimate of drug-likeness (QED) is 0.723. The standard InChI is InChI=1S/C13H14N2/c1-14-13(11-7-3-2-4-8-11)12-9-5-6-10-15-12/h2-10,12,15H,1H3. The molecule has 2 heteroatoms. The first kappa shape index (κ1) is 9.71. The Morgan fingerprint density at radius 2 is 2.00 bits per heavy atom. The van der Waals surface area contributed by atoms with Crippen molar-refractivity contribution < 1.29 is 0 Å². The normalized spacial score (nSPS) is 20.1. The van der Waals surface area contributed by atoms with Gasteiger partial charge in [-0.15, -0.1) is 0 Å². The van der Waals surface area contributed by atoms with E-state index in [2.05, 4.69) is 28.5 Å². The van der Waals surface area contributed by atoms with Crippen molar-refractivity contribution in [1.29, 1.82) is 0 Å². The van der Waals surface area contributed by atoms with Crippen LogP contribution < -0.4 is 5.32 Å². The molecule has 0 spiro atoms. The number of rotatable bonds is 2. The van der Waals surface area contributed by atoms with Crippen LogP contribution in [0.1, 0.15) is 5.56 Å². The first-order valence-electron chi connectivity index (χ1n) is 5.03. The summed E-state index contributed by atoms with van der Waals surface area (Å²) in [6, 6.07) is 10.4. The largest absolute Gasteiger partial charge is 0.379 e. The fourth-order valence-electron chi connectivity index (χ4n) is 1.67. The van der Waals surface area contributed by atoms with Crippen LogP contribution in [0.3, 0.4) is 0 Å². The van der Waals surface area contributed by atoms with Gasteiger partial charge in [0.2, 0.25) is 0 Å². The molecule has 1 atom stereocenters. The minimum atomic E-state index is 0.183. The lowest BCUT2D eigenvalue weighted by atomic mass is 10.0. The highest BCUT2D eigenvalue weighted by Gasteiger charge is 2.13. The molecule has 0 fully saturated rings. The van der Waals surface area contributed by atoms with E-state index in [1.54, 1.807) is 0 Å². The van der Waals surface area contributed by atoms with Crippen LogP contribution in [0.2, 0.25) is 0 Å². The lowest BCUT2D eigenvalue weighted by molar-refractivity contribution is 0.862. The number of dihydropyridines is 1. The van der Waals surface area contributed by atoms with Gasteiger partial charge in [-0.05, 0) is 17.8 Å². The van der Waals surface area contributed by atoms with Crippen LogP contribution in [-0.4, -0.2) is 18.8 Å². The van der Waals surface area contributed by atoms with E-state index in [0.29, 0.717) is 0 Å². The van der Waals surface area contributed by atoms with Crippen molar-refractivity contribution in [3.05, 3.63) is 60.3 Å². The Bertz CT molecular complexity index is 402. The van der Waals surface area contributed by atoms with Gasteiger partial charge in [0.15, 0.2) is 0 Å². The molecule has 0 amide bonds. The maximum absolute atomic E-state index is 4.35. The molecule has 0 radical (unpaired) electrons. The molecule has 0 bridgehead atoms. The number of hydrogen-bond donors (Lipinski definition) is 1. The van der Waals surface area contributed by atoms with Gasteiger partial charge in [0.1, 0.15) is 0 Å². The second kappa shape index (κ2) is 4.60. The van der Waals surface area contributed by atoms with Crippen molar-refractivity contribution in [2.45, 2.75) is 6.04 Å². The molecule has 2 nitrogen and oxygen atoms in total. The van der Waals surface area contributed by atoms with Gasteiger partial charge in [-0.2, -0.15) is 0 Å². The summed E-state index contributed by atoms with van der Waals surface area (Å²) >= 11 is 0. The molecule has 1 aromatic carbocycles. The Hall–Kier alpha value is -1.83. The topological polar surface area (TPSA) is 24.4 Å². The number of nitrogens with one attached hydrogen (secondary N) is 1. The molecule has 0 aliphatic carbocycles. The van der Waals surface area contributed by atoms with Crippen LogP contribution in [-0.2, 0) is 0 Å². The van der Waals surface area contributed by atoms with Crippen LogP contribution in [0.25, 0.3) is 0 Å². The van der Waals surface area contributed by atoms with Crippen LogP contribution in [0.15, 0.2) is 59.8 Å². The second-order valence-corrected chi connectivity index (χ2v) is 3.36. The Morgan fingerprint density at radius 3 is 2.60 bits per heavy atom. The van der Waals surface area contributed by atoms with Gasteiger partial charge in [-0.1, -0.05) is 42.5 Å². The highest BCUT2D eigenvalue weighted by molar-refractivity contribution is 6.05. The van der Waals surface area contributed by atoms with Crippen molar-refractivity contribution in [3.63, 3.8) is 0 Å². The lowest BCUT2D eigenvalue weighted by Crippen LogP contribution is -2.33. The van der Waals surface area contributed by atoms with Crippen LogP contribution in [0.5, 0.6) is 0 Å². The van der Waals surface area contributed by atoms with Crippen molar-refractivity contribution in [1.82, 2.24) is 5.32 Å². The molecule has 15 heavy (non-hydrogen) atoms. The Balaban J connectivity index is 2.26. The fraction of sp³-hybridized carbons (Fsp3) is 0.154. The molecule has 1 N–H and O–H groups in total. The van der Waals surface area contributed by atoms with Gasteiger partial charge in [0.05, 0.1) is 11.8 Å². The maximum atomic E-state index is 4.35. The molecule has 0 saturated heterocycles. The van der Waals surface area contributed by atoms with E-state index >= 15 is 0 Å². The molecule has 1 aliphatic rings. The van der Waals surface area contributed by atoms with Crippen molar-refractivity contribution in [3.8, 4) is 0 Å². The predicted molar refractivity (Wildman–Crippen MR) is 64.1 cm³/mol. The SMILES string of the molecule is CN=C(c1ccccc1)C1C=CC=CN1. The number of hydrogen-bond acceptors (Lipinski definition) is 2. The maximum Gasteiger partial charge on any atom is 0.0870 e. The zero-order valence-electron chi connectivity index (χ0n) is 8.72. The minimum absolute atomic E-state index is 0.183. The molecule has 1 heterocycles. The number of nitrogens with zero attached hydrogens (tertiary/aromatic N) is 1. The number of allylic oxidation sites excluding steroid dienone is 2. The molecule has 1 aliphatic heterocycles. The highest BCUT2D eigenvalue weighted by atomic mass is 14.9. The zero-order valence-corrected chi connectivity index (χ0v) is 8.72. The highest BCUT2D eigenvalue weighted by Crippen LogP contribution is 2.07. The van der Waals surface area contributed by atoms with Crippen LogP contribution in [0.4, 0.5) is 0 Å². The fourth-order valence-corrected chi connectivity index (χ4v) is 1.67. The van der Waals surface area contributed by atoms with E-state index in [4.69, 9.17) is 0 Å². The van der Waals surface area contributed by atoms with Crippen molar-refractivity contribution in [2.24, 2.45) is 4.99 Å². The average molecular weight is 198 g/mol. The molecular weight excluding hydrogens is 184 g/mol. The third kappa shape index (κ3) is 2.15. The summed E-state index contributed by atoms with van der Waals surface area (Å²) in [5, 5.41) is 3.27. The summed E-state index contributed by atoms with van der Waals surface area (Å²) in [6.45, 7) is 0. The van der Waals surface area contributed by atoms with Crippen molar-refractivity contribution >= 4 is 5.71 Å². The number of benzene rings is 1. The molecule has 1 unspecified atom stereocenters. The summed E-state index contributed by atoms with van der Waals surface area (Å²) in [5.74, 6) is 0. The van der Waals surface area contributed by atoms with Gasteiger partial charge in [0.25, 0.3) is 0 Å². The summed E-state index contributed by atoms with van der Waals surface area (Å²) in [7, 11) is 1.83. The molecule has 76 valence electrons. The molecule has 1 aromatic rings. The Morgan fingerprint density at radius 1 is 1.20 bits per heavy atom. The van der Waals surface area contributed by atoms with Gasteiger partial charge in [-0.3, -0.25) is 4.99 Å². The van der Waals surface area contributed by atoms with Gasteiger partial charge in [-0.25, -0.2) is 0 Å². The lowest BCUT2D eigenvalue weighted by Gasteiger charge is -2.18. The molecule has 0 aromatic heterocycles. The van der Waals surface area contributed by atoms with E-state index in [0.717, 1.165) is 11.3 Å². The second-order valence-electron chi connectivity index (χ2n) is 3.36. The average Bonchev–Trinajstić information content (AvgIpc) is 2.33. The monoisotopic (exact) mass is 198 g/mol. The third-order valence-electron chi connectivity index (χ3n) is 2.39. The van der Waals surface area contributed by atoms with E-state index < -0.39 is 0 Å². The van der Waals surface area contributed by atoms with E-state index in [9.17, 15) is 0 Å². The molecular formula is C13H14N2. The predicted octanol–water partition coefficient (Wildman–Crippen LogP) is 2.15. The smallest absolute Gasteiger partial charge is 0.0870 e. The summed E-state index contributed by atoms with van der Waals surface area (Å²) in [5.41, 5.74) is 2.23. The Kier molecular flexibility index (Phi) is 2.98. The van der Waals surface area contributed by atoms with Crippen molar-refractivity contribution in [2.75, 3.05) is 7.05 Å². The third-order valence-corrected chi connectivity index (χ3v) is 2.39. The van der Waals surface area contributed by atoms with E-state index in [-0.39, 0.29) is 6.04 Å². The first-order chi connectivity index (χ1) is 7.42. The summed E-state index contributed by atoms with van der Waals surface area (Å²) in [4.78, 5) is 4.35. The molecule has 2 rings (SSSR count). The molecule has 0 saturated carbocycles. The van der Waals surface area contributed by atoms with Crippen LogP contribution in [0, 0.1) is 0 Å². The van der Waals surface area contributed by atoms with Gasteiger partial charge in [0, 0.05) is 7.05 Å². The number of aliphatic imine (C=N–C) groups is 1. The van der Waals surface area contributed by atoms with Gasteiger partial charge >= 0.3 is 0 Å². The summed E-state index contributed by atoms with van der Waals surface area (Å²) in [6.07, 6.45) is 8.07. The van der Waals surface area contributed by atoms with Gasteiger partial charge < -0.3 is 5.32 Å².